The van der Waals surface area contributed by atoms with Crippen LogP contribution in [0.5, 0.6) is 0 Å². The lowest BCUT2D eigenvalue weighted by molar-refractivity contribution is -0.138. The number of rotatable bonds is 5. The predicted octanol–water partition coefficient (Wildman–Crippen LogP) is 2.77. The summed E-state index contributed by atoms with van der Waals surface area (Å²) in [7, 11) is 0. The summed E-state index contributed by atoms with van der Waals surface area (Å²) in [5.41, 5.74) is 1.51. The van der Waals surface area contributed by atoms with E-state index in [4.69, 9.17) is 0 Å². The highest BCUT2D eigenvalue weighted by atomic mass is 16.5. The van der Waals surface area contributed by atoms with E-state index in [-0.39, 0.29) is 13.2 Å². The van der Waals surface area contributed by atoms with Gasteiger partial charge in [-0.2, -0.15) is 0 Å². The van der Waals surface area contributed by atoms with Gasteiger partial charge in [0.1, 0.15) is 6.61 Å². The quantitative estimate of drug-likeness (QED) is 0.268. The number of benzene rings is 1. The zero-order chi connectivity index (χ0) is 14.5. The van der Waals surface area contributed by atoms with Gasteiger partial charge in [-0.3, -0.25) is 0 Å². The van der Waals surface area contributed by atoms with Gasteiger partial charge in [0, 0.05) is 5.57 Å². The molecule has 0 saturated carbocycles. The topological polar surface area (TPSA) is 55.7 Å². The molecule has 1 aromatic rings. The van der Waals surface area contributed by atoms with Crippen LogP contribution in [0.15, 0.2) is 54.1 Å². The van der Waals surface area contributed by atoms with Gasteiger partial charge in [0.15, 0.2) is 0 Å². The Morgan fingerprint density at radius 2 is 2.05 bits per heavy atom. The molecule has 4 heteroatoms. The van der Waals surface area contributed by atoms with Gasteiger partial charge in [0.2, 0.25) is 6.08 Å². The van der Waals surface area contributed by atoms with E-state index in [2.05, 4.69) is 22.9 Å². The summed E-state index contributed by atoms with van der Waals surface area (Å²) >= 11 is 0. The monoisotopic (exact) mass is 259 g/mol. The van der Waals surface area contributed by atoms with Crippen LogP contribution in [0, 0.1) is 0 Å². The van der Waals surface area contributed by atoms with Crippen molar-refractivity contribution >= 4 is 18.1 Å². The van der Waals surface area contributed by atoms with Gasteiger partial charge in [-0.1, -0.05) is 49.6 Å². The summed E-state index contributed by atoms with van der Waals surface area (Å²) in [5, 5.41) is 0. The first-order valence-corrected chi connectivity index (χ1v) is 5.65. The van der Waals surface area contributed by atoms with Gasteiger partial charge in [-0.15, -0.1) is 0 Å². The maximum absolute atomic E-state index is 10.6. The van der Waals surface area contributed by atoms with Crippen LogP contribution in [0.3, 0.4) is 0 Å². The van der Waals surface area contributed by atoms with Crippen molar-refractivity contribution in [3.63, 3.8) is 0 Å². The van der Waals surface area contributed by atoms with Gasteiger partial charge in [0.05, 0.1) is 6.54 Å². The second-order valence-corrected chi connectivity index (χ2v) is 3.50. The maximum Gasteiger partial charge on any atom is 0.333 e. The number of esters is 1. The third-order valence-electron chi connectivity index (χ3n) is 1.88. The SMILES string of the molecule is C=C(C)C(=O)OCCN=C=O.C=Cc1ccccc1. The van der Waals surface area contributed by atoms with E-state index in [1.54, 1.807) is 6.92 Å². The summed E-state index contributed by atoms with van der Waals surface area (Å²) in [4.78, 5) is 23.4. The van der Waals surface area contributed by atoms with E-state index < -0.39 is 5.97 Å². The zero-order valence-electron chi connectivity index (χ0n) is 11.0. The highest BCUT2D eigenvalue weighted by Gasteiger charge is 2.00. The van der Waals surface area contributed by atoms with Crippen LogP contribution in [0.25, 0.3) is 6.08 Å². The molecule has 0 aliphatic heterocycles. The summed E-state index contributed by atoms with van der Waals surface area (Å²) in [5.74, 6) is -0.467. The van der Waals surface area contributed by atoms with Gasteiger partial charge in [-0.25, -0.2) is 14.6 Å². The third-order valence-corrected chi connectivity index (χ3v) is 1.88. The normalized spacial score (nSPS) is 8.26. The molecule has 0 aliphatic rings. The molecule has 100 valence electrons. The molecule has 19 heavy (non-hydrogen) atoms. The number of carbonyl (C=O) groups excluding carboxylic acids is 2. The van der Waals surface area contributed by atoms with Crippen molar-refractivity contribution in [3.05, 3.63) is 54.6 Å². The lowest BCUT2D eigenvalue weighted by Gasteiger charge is -1.99. The Morgan fingerprint density at radius 3 is 2.47 bits per heavy atom. The van der Waals surface area contributed by atoms with Crippen molar-refractivity contribution in [1.82, 2.24) is 0 Å². The van der Waals surface area contributed by atoms with E-state index in [0.29, 0.717) is 5.57 Å². The number of hydrogen-bond donors (Lipinski definition) is 0. The first-order chi connectivity index (χ1) is 9.11. The molecule has 0 spiro atoms. The first kappa shape index (κ1) is 16.6. The number of aliphatic imine (C=N–C) groups is 1. The Bertz CT molecular complexity index is 460. The average molecular weight is 259 g/mol. The average Bonchev–Trinajstić information content (AvgIpc) is 2.45. The Kier molecular flexibility index (Phi) is 9.31. The Morgan fingerprint density at radius 1 is 1.42 bits per heavy atom. The molecule has 0 amide bonds. The largest absolute Gasteiger partial charge is 0.460 e. The van der Waals surface area contributed by atoms with Crippen molar-refractivity contribution in [3.8, 4) is 0 Å². The molecule has 0 aliphatic carbocycles. The second-order valence-electron chi connectivity index (χ2n) is 3.50. The van der Waals surface area contributed by atoms with Crippen LogP contribution in [0.2, 0.25) is 0 Å². The number of ether oxygens (including phenoxy) is 1. The van der Waals surface area contributed by atoms with E-state index in [1.165, 1.54) is 11.6 Å². The molecule has 1 rings (SSSR count). The van der Waals surface area contributed by atoms with Crippen LogP contribution < -0.4 is 0 Å². The molecular weight excluding hydrogens is 242 g/mol. The summed E-state index contributed by atoms with van der Waals surface area (Å²) in [6, 6.07) is 10.0. The van der Waals surface area contributed by atoms with Crippen LogP contribution in [-0.2, 0) is 14.3 Å². The molecule has 0 radical (unpaired) electrons. The molecule has 0 atom stereocenters. The van der Waals surface area contributed by atoms with Crippen LogP contribution in [0.1, 0.15) is 12.5 Å². The fraction of sp³-hybridized carbons (Fsp3) is 0.200. The highest BCUT2D eigenvalue weighted by Crippen LogP contribution is 1.97. The molecule has 4 nitrogen and oxygen atoms in total. The standard InChI is InChI=1S/C8H8.C7H9NO3/c1-2-8-6-4-3-5-7-8;1-6(2)7(10)11-4-3-8-5-9/h2-7H,1H2;1,3-4H2,2H3. The lowest BCUT2D eigenvalue weighted by atomic mass is 10.2. The Hall–Kier alpha value is -2.45. The molecular formula is C15H17NO3. The fourth-order valence-electron chi connectivity index (χ4n) is 0.942. The number of hydrogen-bond acceptors (Lipinski definition) is 4. The Balaban J connectivity index is 0.000000356. The first-order valence-electron chi connectivity index (χ1n) is 5.65. The molecule has 1 aromatic carbocycles. The number of nitrogens with zero attached hydrogens (tertiary/aromatic N) is 1. The highest BCUT2D eigenvalue weighted by molar-refractivity contribution is 5.86. The third kappa shape index (κ3) is 9.27. The molecule has 0 saturated heterocycles. The van der Waals surface area contributed by atoms with Crippen molar-refractivity contribution in [2.45, 2.75) is 6.92 Å². The van der Waals surface area contributed by atoms with Crippen molar-refractivity contribution in [2.75, 3.05) is 13.2 Å². The van der Waals surface area contributed by atoms with Gasteiger partial charge >= 0.3 is 5.97 Å². The van der Waals surface area contributed by atoms with Crippen molar-refractivity contribution < 1.29 is 14.3 Å². The molecule has 0 fully saturated rings. The molecule has 0 N–H and O–H groups in total. The summed E-state index contributed by atoms with van der Waals surface area (Å²) in [6.45, 7) is 8.80. The summed E-state index contributed by atoms with van der Waals surface area (Å²) in [6.07, 6.45) is 3.17. The van der Waals surface area contributed by atoms with E-state index in [1.807, 2.05) is 36.4 Å². The van der Waals surface area contributed by atoms with Crippen LogP contribution in [-0.4, -0.2) is 25.2 Å². The van der Waals surface area contributed by atoms with Crippen molar-refractivity contribution in [2.24, 2.45) is 4.99 Å². The number of carbonyl (C=O) groups is 1. The van der Waals surface area contributed by atoms with Crippen LogP contribution >= 0.6 is 0 Å². The van der Waals surface area contributed by atoms with Gasteiger partial charge in [0.25, 0.3) is 0 Å². The van der Waals surface area contributed by atoms with Crippen LogP contribution in [0.4, 0.5) is 0 Å². The summed E-state index contributed by atoms with van der Waals surface area (Å²) < 4.78 is 4.59. The second kappa shape index (κ2) is 10.7. The predicted molar refractivity (Wildman–Crippen MR) is 75.3 cm³/mol. The molecule has 0 aromatic heterocycles. The molecule has 0 unspecified atom stereocenters. The Labute approximate surface area is 113 Å². The molecule has 0 heterocycles. The van der Waals surface area contributed by atoms with E-state index in [0.717, 1.165) is 0 Å². The minimum Gasteiger partial charge on any atom is -0.460 e. The smallest absolute Gasteiger partial charge is 0.333 e. The van der Waals surface area contributed by atoms with E-state index >= 15 is 0 Å². The number of isocyanates is 1. The zero-order valence-corrected chi connectivity index (χ0v) is 11.0. The maximum atomic E-state index is 10.6. The minimum atomic E-state index is -0.467. The molecule has 0 bridgehead atoms. The van der Waals surface area contributed by atoms with Gasteiger partial charge in [-0.05, 0) is 12.5 Å². The van der Waals surface area contributed by atoms with Gasteiger partial charge < -0.3 is 4.74 Å². The van der Waals surface area contributed by atoms with Crippen molar-refractivity contribution in [1.29, 1.82) is 0 Å². The fourth-order valence-corrected chi connectivity index (χ4v) is 0.942. The minimum absolute atomic E-state index is 0.0981. The lowest BCUT2D eigenvalue weighted by Crippen LogP contribution is -2.07. The van der Waals surface area contributed by atoms with E-state index in [9.17, 15) is 9.59 Å².